The molecule has 3 heterocycles. The van der Waals surface area contributed by atoms with E-state index in [0.29, 0.717) is 36.8 Å². The summed E-state index contributed by atoms with van der Waals surface area (Å²) in [4.78, 5) is 30.1. The Labute approximate surface area is 204 Å². The van der Waals surface area contributed by atoms with Gasteiger partial charge in [0, 0.05) is 43.1 Å². The van der Waals surface area contributed by atoms with E-state index in [0.717, 1.165) is 12.2 Å². The number of rotatable bonds is 7. The topological polar surface area (TPSA) is 72.1 Å². The first-order chi connectivity index (χ1) is 16.1. The molecule has 8 nitrogen and oxygen atoms in total. The predicted octanol–water partition coefficient (Wildman–Crippen LogP) is 3.32. The van der Waals surface area contributed by atoms with E-state index in [2.05, 4.69) is 28.7 Å². The Morgan fingerprint density at radius 1 is 1.18 bits per heavy atom. The maximum Gasteiger partial charge on any atom is 0.350 e. The smallest absolute Gasteiger partial charge is 0.350 e. The van der Waals surface area contributed by atoms with Crippen LogP contribution in [0.1, 0.15) is 27.7 Å². The van der Waals surface area contributed by atoms with E-state index >= 15 is 0 Å². The van der Waals surface area contributed by atoms with Crippen LogP contribution in [0.25, 0.3) is 5.65 Å². The molecule has 2 aromatic heterocycles. The van der Waals surface area contributed by atoms with Crippen molar-refractivity contribution in [3.63, 3.8) is 0 Å². The van der Waals surface area contributed by atoms with Crippen molar-refractivity contribution in [3.05, 3.63) is 64.2 Å². The van der Waals surface area contributed by atoms with E-state index in [4.69, 9.17) is 16.3 Å². The Balaban J connectivity index is 1.51. The summed E-state index contributed by atoms with van der Waals surface area (Å²) in [5.74, 6) is -0.242. The Bertz CT molecular complexity index is 1220. The molecule has 4 rings (SSSR count). The van der Waals surface area contributed by atoms with Crippen molar-refractivity contribution in [2.75, 3.05) is 31.1 Å². The highest BCUT2D eigenvalue weighted by molar-refractivity contribution is 6.30. The van der Waals surface area contributed by atoms with Gasteiger partial charge in [0.05, 0.1) is 12.6 Å². The van der Waals surface area contributed by atoms with Crippen molar-refractivity contribution in [1.82, 2.24) is 19.1 Å². The van der Waals surface area contributed by atoms with Crippen molar-refractivity contribution in [1.29, 1.82) is 0 Å². The molecule has 1 fully saturated rings. The van der Waals surface area contributed by atoms with E-state index in [-0.39, 0.29) is 23.2 Å². The number of anilines is 1. The van der Waals surface area contributed by atoms with Gasteiger partial charge in [0.25, 0.3) is 0 Å². The van der Waals surface area contributed by atoms with Gasteiger partial charge in [0.2, 0.25) is 0 Å². The second-order valence-corrected chi connectivity index (χ2v) is 10.4. The third-order valence-corrected chi connectivity index (χ3v) is 6.18. The molecule has 0 bridgehead atoms. The quantitative estimate of drug-likeness (QED) is 0.478. The minimum absolute atomic E-state index is 0.146. The highest BCUT2D eigenvalue weighted by Gasteiger charge is 2.36. The minimum Gasteiger partial charge on any atom is -0.461 e. The highest BCUT2D eigenvalue weighted by Crippen LogP contribution is 2.27. The summed E-state index contributed by atoms with van der Waals surface area (Å²) < 4.78 is 8.68. The zero-order valence-electron chi connectivity index (χ0n) is 20.1. The molecule has 1 saturated heterocycles. The Morgan fingerprint density at radius 2 is 1.97 bits per heavy atom. The first-order valence-electron chi connectivity index (χ1n) is 11.6. The third-order valence-electron chi connectivity index (χ3n) is 5.95. The lowest BCUT2D eigenvalue weighted by molar-refractivity contribution is -0.150. The number of ether oxygens (including phenoxy) is 1. The summed E-state index contributed by atoms with van der Waals surface area (Å²) in [6.45, 7) is 11.1. The number of carbonyl (C=O) groups is 1. The predicted molar refractivity (Wildman–Crippen MR) is 133 cm³/mol. The first kappa shape index (κ1) is 24.3. The summed E-state index contributed by atoms with van der Waals surface area (Å²) in [7, 11) is 0. The number of nitrogens with zero attached hydrogens (tertiary/aromatic N) is 5. The zero-order valence-corrected chi connectivity index (χ0v) is 20.9. The SMILES string of the molecule is CC(C)OC(=O)C1CN(CC(C)(C)Cn2nc3ccccn3c2=O)CCN1c1cccc(Cl)c1. The number of piperazine rings is 1. The van der Waals surface area contributed by atoms with Crippen LogP contribution in [0.4, 0.5) is 5.69 Å². The number of carbonyl (C=O) groups excluding carboxylic acids is 1. The summed E-state index contributed by atoms with van der Waals surface area (Å²) in [5.41, 5.74) is 1.16. The van der Waals surface area contributed by atoms with Crippen LogP contribution in [0, 0.1) is 5.41 Å². The molecule has 0 amide bonds. The monoisotopic (exact) mass is 485 g/mol. The van der Waals surface area contributed by atoms with Crippen LogP contribution < -0.4 is 10.6 Å². The van der Waals surface area contributed by atoms with Crippen LogP contribution >= 0.6 is 11.6 Å². The number of esters is 1. The standard InChI is InChI=1S/C25H32ClN5O3/c1-18(2)34-23(32)21-15-28(12-13-29(21)20-9-7-8-19(26)14-20)16-25(3,4)17-31-24(33)30-11-6-5-10-22(30)27-31/h5-11,14,18,21H,12-13,15-17H2,1-4H3. The van der Waals surface area contributed by atoms with Gasteiger partial charge in [-0.25, -0.2) is 14.3 Å². The number of aromatic nitrogens is 3. The van der Waals surface area contributed by atoms with Crippen LogP contribution in [0.2, 0.25) is 5.02 Å². The molecular weight excluding hydrogens is 454 g/mol. The number of hydrogen-bond acceptors (Lipinski definition) is 6. The number of benzene rings is 1. The van der Waals surface area contributed by atoms with Gasteiger partial charge in [0.15, 0.2) is 5.65 Å². The molecular formula is C25H32ClN5O3. The summed E-state index contributed by atoms with van der Waals surface area (Å²) >= 11 is 6.22. The summed E-state index contributed by atoms with van der Waals surface area (Å²) in [5, 5.41) is 5.11. The Hall–Kier alpha value is -2.84. The van der Waals surface area contributed by atoms with Crippen LogP contribution in [0.3, 0.4) is 0 Å². The summed E-state index contributed by atoms with van der Waals surface area (Å²) in [6, 6.07) is 12.6. The molecule has 9 heteroatoms. The average molecular weight is 486 g/mol. The molecule has 0 aliphatic carbocycles. The van der Waals surface area contributed by atoms with Gasteiger partial charge in [0.1, 0.15) is 6.04 Å². The van der Waals surface area contributed by atoms with Crippen molar-refractivity contribution in [2.24, 2.45) is 5.41 Å². The van der Waals surface area contributed by atoms with Gasteiger partial charge in [-0.1, -0.05) is 37.6 Å². The van der Waals surface area contributed by atoms with Crippen molar-refractivity contribution in [3.8, 4) is 0 Å². The Morgan fingerprint density at radius 3 is 2.68 bits per heavy atom. The Kier molecular flexibility index (Phi) is 7.00. The fourth-order valence-corrected chi connectivity index (χ4v) is 4.78. The molecule has 1 unspecified atom stereocenters. The van der Waals surface area contributed by atoms with E-state index in [1.54, 1.807) is 10.6 Å². The lowest BCUT2D eigenvalue weighted by Gasteiger charge is -2.43. The van der Waals surface area contributed by atoms with Gasteiger partial charge in [-0.05, 0) is 49.6 Å². The number of halogens is 1. The molecule has 1 aliphatic heterocycles. The third kappa shape index (κ3) is 5.45. The molecule has 1 aromatic carbocycles. The maximum absolute atomic E-state index is 13.0. The van der Waals surface area contributed by atoms with E-state index in [1.807, 2.05) is 56.3 Å². The van der Waals surface area contributed by atoms with Crippen LogP contribution in [0.15, 0.2) is 53.5 Å². The van der Waals surface area contributed by atoms with Crippen LogP contribution in [-0.4, -0.2) is 63.4 Å². The highest BCUT2D eigenvalue weighted by atomic mass is 35.5. The normalized spacial score (nSPS) is 17.5. The molecule has 0 saturated carbocycles. The van der Waals surface area contributed by atoms with Crippen LogP contribution in [-0.2, 0) is 16.1 Å². The fraction of sp³-hybridized carbons (Fsp3) is 0.480. The largest absolute Gasteiger partial charge is 0.461 e. The molecule has 0 radical (unpaired) electrons. The van der Waals surface area contributed by atoms with Crippen molar-refractivity contribution in [2.45, 2.75) is 46.4 Å². The van der Waals surface area contributed by atoms with Gasteiger partial charge in [-0.15, -0.1) is 5.10 Å². The minimum atomic E-state index is -0.441. The van der Waals surface area contributed by atoms with E-state index in [9.17, 15) is 9.59 Å². The van der Waals surface area contributed by atoms with E-state index in [1.165, 1.54) is 4.68 Å². The average Bonchev–Trinajstić information content (AvgIpc) is 3.07. The number of fused-ring (bicyclic) bond motifs is 1. The first-order valence-corrected chi connectivity index (χ1v) is 12.0. The second kappa shape index (κ2) is 9.80. The maximum atomic E-state index is 13.0. The van der Waals surface area contributed by atoms with Gasteiger partial charge in [-0.2, -0.15) is 0 Å². The molecule has 182 valence electrons. The molecule has 1 aliphatic rings. The van der Waals surface area contributed by atoms with Gasteiger partial charge >= 0.3 is 11.7 Å². The van der Waals surface area contributed by atoms with Crippen molar-refractivity contribution < 1.29 is 9.53 Å². The molecule has 34 heavy (non-hydrogen) atoms. The van der Waals surface area contributed by atoms with Gasteiger partial charge < -0.3 is 9.64 Å². The zero-order chi connectivity index (χ0) is 24.5. The second-order valence-electron chi connectivity index (χ2n) is 9.94. The molecule has 0 N–H and O–H groups in total. The fourth-order valence-electron chi connectivity index (χ4n) is 4.59. The molecule has 3 aromatic rings. The number of pyridine rings is 1. The van der Waals surface area contributed by atoms with Gasteiger partial charge in [-0.3, -0.25) is 9.30 Å². The molecule has 0 spiro atoms. The van der Waals surface area contributed by atoms with Crippen LogP contribution in [0.5, 0.6) is 0 Å². The summed E-state index contributed by atoms with van der Waals surface area (Å²) in [6.07, 6.45) is 1.54. The lowest BCUT2D eigenvalue weighted by Crippen LogP contribution is -2.58. The van der Waals surface area contributed by atoms with E-state index < -0.39 is 6.04 Å². The molecule has 1 atom stereocenters. The van der Waals surface area contributed by atoms with Crippen molar-refractivity contribution >= 4 is 28.9 Å². The lowest BCUT2D eigenvalue weighted by atomic mass is 9.92. The number of hydrogen-bond donors (Lipinski definition) is 0.